The average Bonchev–Trinajstić information content (AvgIpc) is 3.26. The van der Waals surface area contributed by atoms with Crippen molar-refractivity contribution in [3.05, 3.63) is 51.6 Å². The molecule has 11 nitrogen and oxygen atoms in total. The number of non-ortho nitro benzene ring substituents is 1. The van der Waals surface area contributed by atoms with Gasteiger partial charge in [0.05, 0.1) is 10.6 Å². The van der Waals surface area contributed by atoms with E-state index >= 15 is 0 Å². The molecule has 11 heteroatoms. The maximum absolute atomic E-state index is 12.5. The molecule has 8 unspecified atom stereocenters. The molecule has 43 heavy (non-hydrogen) atoms. The molecule has 0 radical (unpaired) electrons. The predicted molar refractivity (Wildman–Crippen MR) is 156 cm³/mol. The summed E-state index contributed by atoms with van der Waals surface area (Å²) in [5, 5.41) is 48.7. The van der Waals surface area contributed by atoms with Gasteiger partial charge in [-0.15, -0.1) is 6.42 Å². The summed E-state index contributed by atoms with van der Waals surface area (Å²) in [4.78, 5) is 39.9. The van der Waals surface area contributed by atoms with Gasteiger partial charge in [0.2, 0.25) is 0 Å². The Morgan fingerprint density at radius 1 is 1.21 bits per heavy atom. The van der Waals surface area contributed by atoms with Crippen LogP contribution in [0.15, 0.2) is 41.1 Å². The first-order chi connectivity index (χ1) is 20.3. The first-order valence-electron chi connectivity index (χ1n) is 14.9. The number of amides is 1. The highest BCUT2D eigenvalue weighted by atomic mass is 16.6. The van der Waals surface area contributed by atoms with Crippen molar-refractivity contribution >= 4 is 23.3 Å². The number of carboxylic acid groups (broad SMARTS) is 1. The molecule has 1 aromatic rings. The minimum Gasteiger partial charge on any atom is -0.480 e. The second-order valence-corrected chi connectivity index (χ2v) is 13.0. The van der Waals surface area contributed by atoms with Gasteiger partial charge in [-0.1, -0.05) is 42.6 Å². The van der Waals surface area contributed by atoms with Crippen LogP contribution in [-0.4, -0.2) is 56.1 Å². The molecule has 1 aromatic carbocycles. The molecule has 0 bridgehead atoms. The van der Waals surface area contributed by atoms with Gasteiger partial charge in [-0.3, -0.25) is 14.9 Å². The lowest BCUT2D eigenvalue weighted by Crippen LogP contribution is -2.54. The van der Waals surface area contributed by atoms with Crippen LogP contribution in [0.2, 0.25) is 0 Å². The number of fused-ring (bicyclic) bond motifs is 5. The van der Waals surface area contributed by atoms with Gasteiger partial charge < -0.3 is 25.5 Å². The number of nitrogens with zero attached hydrogens (tertiary/aromatic N) is 2. The van der Waals surface area contributed by atoms with Crippen LogP contribution >= 0.6 is 0 Å². The van der Waals surface area contributed by atoms with Gasteiger partial charge in [-0.05, 0) is 86.2 Å². The Morgan fingerprint density at radius 3 is 2.65 bits per heavy atom. The monoisotopic (exact) mass is 593 g/mol. The number of allylic oxidation sites excluding steroid dienone is 2. The summed E-state index contributed by atoms with van der Waals surface area (Å²) in [5.74, 6) is 1.85. The SMILES string of the molecule is C#CC1(O)CCC2C3CCC4=CC(=NOCC(=O)NC(C(=O)O)C(O)c5cccc([N+](=O)[O-])c5)CCC4(C)C3CCC21C. The number of terminal acetylenes is 1. The molecule has 0 spiro atoms. The van der Waals surface area contributed by atoms with Crippen LogP contribution < -0.4 is 5.32 Å². The van der Waals surface area contributed by atoms with E-state index in [-0.39, 0.29) is 22.1 Å². The number of hydrogen-bond donors (Lipinski definition) is 4. The third kappa shape index (κ3) is 5.31. The number of benzene rings is 1. The number of carbonyl (C=O) groups excluding carboxylic acids is 1. The van der Waals surface area contributed by atoms with Gasteiger partial charge in [0, 0.05) is 17.5 Å². The number of nitro benzene ring substituents is 1. The average molecular weight is 594 g/mol. The summed E-state index contributed by atoms with van der Waals surface area (Å²) in [6, 6.07) is 3.20. The zero-order valence-corrected chi connectivity index (χ0v) is 24.5. The first kappa shape index (κ1) is 30.7. The normalized spacial score (nSPS) is 35.3. The van der Waals surface area contributed by atoms with Crippen LogP contribution in [-0.2, 0) is 14.4 Å². The largest absolute Gasteiger partial charge is 0.480 e. The fourth-order valence-corrected chi connectivity index (χ4v) is 8.58. The van der Waals surface area contributed by atoms with Gasteiger partial charge >= 0.3 is 5.97 Å². The topological polar surface area (TPSA) is 172 Å². The van der Waals surface area contributed by atoms with Gasteiger partial charge in [0.25, 0.3) is 11.6 Å². The minimum absolute atomic E-state index is 0.0167. The van der Waals surface area contributed by atoms with Gasteiger partial charge in [-0.25, -0.2) is 4.79 Å². The van der Waals surface area contributed by atoms with Crippen LogP contribution in [0.5, 0.6) is 0 Å². The van der Waals surface area contributed by atoms with E-state index in [2.05, 4.69) is 36.3 Å². The van der Waals surface area contributed by atoms with E-state index in [1.54, 1.807) is 0 Å². The number of rotatable bonds is 8. The predicted octanol–water partition coefficient (Wildman–Crippen LogP) is 3.90. The lowest BCUT2D eigenvalue weighted by Gasteiger charge is -2.58. The minimum atomic E-state index is -1.74. The van der Waals surface area contributed by atoms with E-state index in [1.165, 1.54) is 23.8 Å². The summed E-state index contributed by atoms with van der Waals surface area (Å²) in [6.45, 7) is 3.96. The Balaban J connectivity index is 1.21. The van der Waals surface area contributed by atoms with Crippen molar-refractivity contribution in [1.29, 1.82) is 0 Å². The van der Waals surface area contributed by atoms with Crippen molar-refractivity contribution in [2.75, 3.05) is 6.61 Å². The number of carboxylic acids is 1. The second-order valence-electron chi connectivity index (χ2n) is 13.0. The van der Waals surface area contributed by atoms with E-state index < -0.39 is 41.2 Å². The molecule has 3 saturated carbocycles. The maximum atomic E-state index is 12.5. The number of aliphatic hydroxyl groups is 2. The Bertz CT molecular complexity index is 1420. The molecule has 0 saturated heterocycles. The molecule has 1 amide bonds. The fraction of sp³-hybridized carbons (Fsp3) is 0.594. The molecule has 4 aliphatic rings. The first-order valence-corrected chi connectivity index (χ1v) is 14.9. The standard InChI is InChI=1S/C32H39N3O8/c1-4-32(40)15-12-25-23-9-8-20-17-21(10-13-30(20,2)24(23)11-14-31(25,32)3)34-43-18-26(36)33-27(29(38)39)28(37)19-6-5-7-22(16-19)35(41)42/h1,5-7,16-17,23-25,27-28,37,40H,8-15,18H2,2-3H3,(H,33,36)(H,38,39). The number of nitrogens with one attached hydrogen (secondary N) is 1. The molecule has 5 rings (SSSR count). The Morgan fingerprint density at radius 2 is 1.95 bits per heavy atom. The zero-order valence-electron chi connectivity index (χ0n) is 24.5. The highest BCUT2D eigenvalue weighted by Gasteiger charge is 2.63. The zero-order chi connectivity index (χ0) is 31.2. The van der Waals surface area contributed by atoms with Crippen LogP contribution in [0.25, 0.3) is 0 Å². The van der Waals surface area contributed by atoms with Gasteiger partial charge in [0.1, 0.15) is 11.7 Å². The molecule has 4 aliphatic carbocycles. The third-order valence-corrected chi connectivity index (χ3v) is 11.1. The Hall–Kier alpha value is -3.75. The van der Waals surface area contributed by atoms with Gasteiger partial charge in [-0.2, -0.15) is 0 Å². The number of carbonyl (C=O) groups is 2. The van der Waals surface area contributed by atoms with Crippen molar-refractivity contribution in [3.8, 4) is 12.3 Å². The molecular weight excluding hydrogens is 554 g/mol. The van der Waals surface area contributed by atoms with Crippen molar-refractivity contribution < 1.29 is 34.7 Å². The van der Waals surface area contributed by atoms with Crippen LogP contribution in [0.1, 0.15) is 76.9 Å². The van der Waals surface area contributed by atoms with Gasteiger partial charge in [0.15, 0.2) is 12.6 Å². The number of aliphatic carboxylic acids is 1. The quantitative estimate of drug-likeness (QED) is 0.200. The summed E-state index contributed by atoms with van der Waals surface area (Å²) in [5.41, 5.74) is 0.464. The van der Waals surface area contributed by atoms with Crippen LogP contribution in [0.4, 0.5) is 5.69 Å². The molecule has 230 valence electrons. The van der Waals surface area contributed by atoms with Crippen molar-refractivity contribution in [2.45, 2.75) is 83.0 Å². The molecule has 0 aliphatic heterocycles. The highest BCUT2D eigenvalue weighted by Crippen LogP contribution is 2.67. The lowest BCUT2D eigenvalue weighted by atomic mass is 9.46. The summed E-state index contributed by atoms with van der Waals surface area (Å²) >= 11 is 0. The van der Waals surface area contributed by atoms with Crippen molar-refractivity contribution in [3.63, 3.8) is 0 Å². The highest BCUT2D eigenvalue weighted by molar-refractivity contribution is 5.96. The molecule has 8 atom stereocenters. The number of hydrogen-bond acceptors (Lipinski definition) is 8. The van der Waals surface area contributed by atoms with Crippen LogP contribution in [0, 0.1) is 51.0 Å². The fourth-order valence-electron chi connectivity index (χ4n) is 8.58. The molecule has 3 fully saturated rings. The van der Waals surface area contributed by atoms with E-state index in [9.17, 15) is 35.0 Å². The molecule has 0 aromatic heterocycles. The summed E-state index contributed by atoms with van der Waals surface area (Å²) in [7, 11) is 0. The smallest absolute Gasteiger partial charge is 0.329 e. The Labute approximate surface area is 250 Å². The summed E-state index contributed by atoms with van der Waals surface area (Å²) in [6.07, 6.45) is 13.2. The van der Waals surface area contributed by atoms with E-state index in [1.807, 2.05) is 0 Å². The molecular formula is C32H39N3O8. The van der Waals surface area contributed by atoms with Crippen molar-refractivity contribution in [2.24, 2.45) is 33.7 Å². The number of aliphatic hydroxyl groups excluding tert-OH is 1. The van der Waals surface area contributed by atoms with E-state index in [0.29, 0.717) is 36.3 Å². The third-order valence-electron chi connectivity index (χ3n) is 11.1. The molecule has 0 heterocycles. The maximum Gasteiger partial charge on any atom is 0.329 e. The van der Waals surface area contributed by atoms with Crippen LogP contribution in [0.3, 0.4) is 0 Å². The van der Waals surface area contributed by atoms with E-state index in [4.69, 9.17) is 11.3 Å². The lowest BCUT2D eigenvalue weighted by molar-refractivity contribution is -0.385. The second kappa shape index (κ2) is 11.4. The Kier molecular flexibility index (Phi) is 8.13. The summed E-state index contributed by atoms with van der Waals surface area (Å²) < 4.78 is 0. The van der Waals surface area contributed by atoms with E-state index in [0.717, 1.165) is 44.6 Å². The number of oxime groups is 1. The molecule has 4 N–H and O–H groups in total. The number of nitro groups is 1. The van der Waals surface area contributed by atoms with Crippen molar-refractivity contribution in [1.82, 2.24) is 5.32 Å².